The Morgan fingerprint density at radius 1 is 1.50 bits per heavy atom. The van der Waals surface area contributed by atoms with Gasteiger partial charge in [-0.05, 0) is 25.0 Å². The van der Waals surface area contributed by atoms with Gasteiger partial charge in [0.25, 0.3) is 0 Å². The van der Waals surface area contributed by atoms with Gasteiger partial charge in [0.05, 0.1) is 6.10 Å². The van der Waals surface area contributed by atoms with E-state index in [0.29, 0.717) is 12.0 Å². The third-order valence-corrected chi connectivity index (χ3v) is 1.99. The SMILES string of the molecule is CC[C@H](O)c1c(C)cccc1F. The van der Waals surface area contributed by atoms with Crippen molar-refractivity contribution in [3.05, 3.63) is 35.1 Å². The maximum absolute atomic E-state index is 13.1. The smallest absolute Gasteiger partial charge is 0.129 e. The van der Waals surface area contributed by atoms with Crippen LogP contribution in [0.15, 0.2) is 18.2 Å². The first-order valence-electron chi connectivity index (χ1n) is 4.10. The van der Waals surface area contributed by atoms with Gasteiger partial charge in [-0.1, -0.05) is 19.1 Å². The van der Waals surface area contributed by atoms with Crippen LogP contribution in [0.2, 0.25) is 0 Å². The molecule has 0 spiro atoms. The zero-order chi connectivity index (χ0) is 9.14. The van der Waals surface area contributed by atoms with E-state index in [1.165, 1.54) is 6.07 Å². The molecular weight excluding hydrogens is 155 g/mol. The van der Waals surface area contributed by atoms with Crippen LogP contribution >= 0.6 is 0 Å². The average Bonchev–Trinajstić information content (AvgIpc) is 2.03. The Morgan fingerprint density at radius 2 is 2.17 bits per heavy atom. The van der Waals surface area contributed by atoms with Gasteiger partial charge in [0.15, 0.2) is 0 Å². The number of hydrogen-bond acceptors (Lipinski definition) is 1. The summed E-state index contributed by atoms with van der Waals surface area (Å²) in [5.41, 5.74) is 1.24. The Labute approximate surface area is 71.9 Å². The van der Waals surface area contributed by atoms with Crippen LogP contribution in [0.5, 0.6) is 0 Å². The van der Waals surface area contributed by atoms with Crippen LogP contribution in [-0.2, 0) is 0 Å². The molecule has 0 saturated heterocycles. The van der Waals surface area contributed by atoms with Crippen LogP contribution < -0.4 is 0 Å². The zero-order valence-corrected chi connectivity index (χ0v) is 7.34. The molecule has 0 aliphatic heterocycles. The largest absolute Gasteiger partial charge is 0.388 e. The molecule has 0 fully saturated rings. The Kier molecular flexibility index (Phi) is 2.82. The number of aliphatic hydroxyl groups excluding tert-OH is 1. The molecule has 0 saturated carbocycles. The standard InChI is InChI=1S/C10H13FO/c1-3-9(12)10-7(2)5-4-6-8(10)11/h4-6,9,12H,3H2,1-2H3/t9-/m0/s1. The van der Waals surface area contributed by atoms with Gasteiger partial charge in [0.2, 0.25) is 0 Å². The summed E-state index contributed by atoms with van der Waals surface area (Å²) in [6.45, 7) is 3.63. The highest BCUT2D eigenvalue weighted by molar-refractivity contribution is 5.29. The molecule has 0 amide bonds. The number of hydrogen-bond donors (Lipinski definition) is 1. The quantitative estimate of drug-likeness (QED) is 0.719. The van der Waals surface area contributed by atoms with Crippen molar-refractivity contribution in [2.45, 2.75) is 26.4 Å². The fraction of sp³-hybridized carbons (Fsp3) is 0.400. The second kappa shape index (κ2) is 3.68. The number of halogens is 1. The predicted molar refractivity (Wildman–Crippen MR) is 46.4 cm³/mol. The Hall–Kier alpha value is -0.890. The molecule has 1 aromatic carbocycles. The van der Waals surface area contributed by atoms with Crippen LogP contribution in [0.4, 0.5) is 4.39 Å². The van der Waals surface area contributed by atoms with Crippen LogP contribution in [0.3, 0.4) is 0 Å². The van der Waals surface area contributed by atoms with Gasteiger partial charge in [-0.3, -0.25) is 0 Å². The van der Waals surface area contributed by atoms with E-state index in [2.05, 4.69) is 0 Å². The summed E-state index contributed by atoms with van der Waals surface area (Å²) in [7, 11) is 0. The molecular formula is C10H13FO. The number of rotatable bonds is 2. The molecule has 0 aliphatic rings. The molecule has 0 aliphatic carbocycles. The summed E-state index contributed by atoms with van der Waals surface area (Å²) >= 11 is 0. The molecule has 0 unspecified atom stereocenters. The fourth-order valence-electron chi connectivity index (χ4n) is 1.27. The minimum absolute atomic E-state index is 0.315. The summed E-state index contributed by atoms with van der Waals surface area (Å²) < 4.78 is 13.1. The van der Waals surface area contributed by atoms with Gasteiger partial charge in [0.1, 0.15) is 5.82 Å². The van der Waals surface area contributed by atoms with Gasteiger partial charge in [-0.25, -0.2) is 4.39 Å². The average molecular weight is 168 g/mol. The Balaban J connectivity index is 3.12. The first-order valence-corrected chi connectivity index (χ1v) is 4.10. The van der Waals surface area contributed by atoms with Crippen molar-refractivity contribution in [1.29, 1.82) is 0 Å². The van der Waals surface area contributed by atoms with Crippen molar-refractivity contribution < 1.29 is 9.50 Å². The van der Waals surface area contributed by atoms with E-state index in [1.807, 2.05) is 6.92 Å². The molecule has 0 bridgehead atoms. The lowest BCUT2D eigenvalue weighted by atomic mass is 10.0. The van der Waals surface area contributed by atoms with E-state index in [1.54, 1.807) is 19.1 Å². The lowest BCUT2D eigenvalue weighted by Crippen LogP contribution is -2.01. The molecule has 1 rings (SSSR count). The van der Waals surface area contributed by atoms with Crippen LogP contribution in [0.25, 0.3) is 0 Å². The molecule has 66 valence electrons. The van der Waals surface area contributed by atoms with Crippen molar-refractivity contribution in [2.24, 2.45) is 0 Å². The highest BCUT2D eigenvalue weighted by Crippen LogP contribution is 2.22. The first-order chi connectivity index (χ1) is 5.66. The van der Waals surface area contributed by atoms with E-state index in [4.69, 9.17) is 0 Å². The normalized spacial score (nSPS) is 13.0. The topological polar surface area (TPSA) is 20.2 Å². The summed E-state index contributed by atoms with van der Waals surface area (Å²) in [5, 5.41) is 9.45. The monoisotopic (exact) mass is 168 g/mol. The molecule has 1 N–H and O–H groups in total. The van der Waals surface area contributed by atoms with Gasteiger partial charge in [0, 0.05) is 5.56 Å². The highest BCUT2D eigenvalue weighted by atomic mass is 19.1. The lowest BCUT2D eigenvalue weighted by Gasteiger charge is -2.11. The minimum Gasteiger partial charge on any atom is -0.388 e. The van der Waals surface area contributed by atoms with Crippen molar-refractivity contribution in [3.8, 4) is 0 Å². The fourth-order valence-corrected chi connectivity index (χ4v) is 1.27. The molecule has 2 heteroatoms. The van der Waals surface area contributed by atoms with Gasteiger partial charge in [-0.15, -0.1) is 0 Å². The predicted octanol–water partition coefficient (Wildman–Crippen LogP) is 2.58. The number of aryl methyl sites for hydroxylation is 1. The zero-order valence-electron chi connectivity index (χ0n) is 7.34. The molecule has 0 aromatic heterocycles. The van der Waals surface area contributed by atoms with Crippen LogP contribution in [0, 0.1) is 12.7 Å². The van der Waals surface area contributed by atoms with Gasteiger partial charge in [-0.2, -0.15) is 0 Å². The van der Waals surface area contributed by atoms with Crippen molar-refractivity contribution in [3.63, 3.8) is 0 Å². The van der Waals surface area contributed by atoms with E-state index >= 15 is 0 Å². The first kappa shape index (κ1) is 9.20. The van der Waals surface area contributed by atoms with E-state index in [9.17, 15) is 9.50 Å². The lowest BCUT2D eigenvalue weighted by molar-refractivity contribution is 0.168. The molecule has 12 heavy (non-hydrogen) atoms. The summed E-state index contributed by atoms with van der Waals surface area (Å²) in [5.74, 6) is -0.315. The van der Waals surface area contributed by atoms with E-state index in [0.717, 1.165) is 5.56 Å². The Bertz CT molecular complexity index is 250. The molecule has 1 atom stereocenters. The van der Waals surface area contributed by atoms with Crippen LogP contribution in [-0.4, -0.2) is 5.11 Å². The van der Waals surface area contributed by atoms with Crippen molar-refractivity contribution in [1.82, 2.24) is 0 Å². The molecule has 1 nitrogen and oxygen atoms in total. The number of aliphatic hydroxyl groups is 1. The van der Waals surface area contributed by atoms with Crippen LogP contribution in [0.1, 0.15) is 30.6 Å². The molecule has 0 radical (unpaired) electrons. The Morgan fingerprint density at radius 3 is 2.67 bits per heavy atom. The number of benzene rings is 1. The second-order valence-electron chi connectivity index (χ2n) is 2.89. The van der Waals surface area contributed by atoms with E-state index < -0.39 is 6.10 Å². The van der Waals surface area contributed by atoms with Crippen molar-refractivity contribution in [2.75, 3.05) is 0 Å². The summed E-state index contributed by atoms with van der Waals surface area (Å²) in [4.78, 5) is 0. The summed E-state index contributed by atoms with van der Waals surface area (Å²) in [6.07, 6.45) is -0.131. The third-order valence-electron chi connectivity index (χ3n) is 1.99. The molecule has 1 aromatic rings. The third kappa shape index (κ3) is 1.64. The minimum atomic E-state index is -0.675. The maximum Gasteiger partial charge on any atom is 0.129 e. The maximum atomic E-state index is 13.1. The van der Waals surface area contributed by atoms with Gasteiger partial charge < -0.3 is 5.11 Å². The van der Waals surface area contributed by atoms with Crippen molar-refractivity contribution >= 4 is 0 Å². The highest BCUT2D eigenvalue weighted by Gasteiger charge is 2.12. The summed E-state index contributed by atoms with van der Waals surface area (Å²) in [6, 6.07) is 4.83. The van der Waals surface area contributed by atoms with E-state index in [-0.39, 0.29) is 5.82 Å². The van der Waals surface area contributed by atoms with Gasteiger partial charge >= 0.3 is 0 Å². The second-order valence-corrected chi connectivity index (χ2v) is 2.89. The molecule has 0 heterocycles.